The molecule has 0 spiro atoms. The molecule has 0 unspecified atom stereocenters. The van der Waals surface area contributed by atoms with Gasteiger partial charge in [0.25, 0.3) is 0 Å². The second kappa shape index (κ2) is 7.17. The molecule has 1 aromatic rings. The summed E-state index contributed by atoms with van der Waals surface area (Å²) in [6.45, 7) is 6.21. The van der Waals surface area contributed by atoms with Gasteiger partial charge >= 0.3 is 4.87 Å². The molecule has 3 amide bonds. The molecule has 3 aliphatic heterocycles. The van der Waals surface area contributed by atoms with Crippen molar-refractivity contribution in [3.63, 3.8) is 0 Å². The van der Waals surface area contributed by atoms with Crippen LogP contribution in [0, 0.1) is 29.6 Å². The largest absolute Gasteiger partial charge is 0.378 e. The fraction of sp³-hybridized carbons (Fsp3) is 0.727. The van der Waals surface area contributed by atoms with Gasteiger partial charge in [0.15, 0.2) is 0 Å². The number of rotatable bonds is 3. The number of nitrogens with one attached hydrogen (secondary N) is 1. The third-order valence-electron chi connectivity index (χ3n) is 8.71. The van der Waals surface area contributed by atoms with Crippen molar-refractivity contribution in [1.82, 2.24) is 14.8 Å². The summed E-state index contributed by atoms with van der Waals surface area (Å²) in [6.07, 6.45) is 1.77. The maximum atomic E-state index is 13.5. The normalized spacial score (nSPS) is 39.9. The summed E-state index contributed by atoms with van der Waals surface area (Å²) in [6, 6.07) is 0. The summed E-state index contributed by atoms with van der Waals surface area (Å²) in [5.41, 5.74) is -0.181. The van der Waals surface area contributed by atoms with Crippen LogP contribution in [0.5, 0.6) is 0 Å². The fourth-order valence-corrected chi connectivity index (χ4v) is 10.4. The van der Waals surface area contributed by atoms with Crippen molar-refractivity contribution in [1.29, 1.82) is 0 Å². The van der Waals surface area contributed by atoms with Crippen molar-refractivity contribution in [3.05, 3.63) is 14.5 Å². The highest BCUT2D eigenvalue weighted by Crippen LogP contribution is 2.69. The quantitative estimate of drug-likeness (QED) is 0.659. The standard InChI is InChI=1S/C22H27N3O5S2/c1-3-22(2)15-10-8-11(16(15)31-18-17(22)32-21(29)23-18)14-13(10)19(27)25(20(14)28)9-12(26)24-4-6-30-7-5-24/h10-11,13-16H,3-9H2,1-2H3,(H,23,29)/t10-,11-,13-,14-,15+,16-,22+/m1/s1. The van der Waals surface area contributed by atoms with Crippen LogP contribution in [-0.2, 0) is 24.5 Å². The van der Waals surface area contributed by atoms with E-state index >= 15 is 0 Å². The summed E-state index contributed by atoms with van der Waals surface area (Å²) >= 11 is 3.00. The van der Waals surface area contributed by atoms with E-state index in [1.54, 1.807) is 16.7 Å². The number of likely N-dealkylation sites (tertiary alicyclic amines) is 1. The van der Waals surface area contributed by atoms with Gasteiger partial charge < -0.3 is 14.6 Å². The van der Waals surface area contributed by atoms with Crippen LogP contribution < -0.4 is 4.87 Å². The number of imide groups is 1. The number of thiazole rings is 1. The van der Waals surface area contributed by atoms with Gasteiger partial charge in [0.1, 0.15) is 6.54 Å². The van der Waals surface area contributed by atoms with E-state index in [-0.39, 0.29) is 69.4 Å². The van der Waals surface area contributed by atoms with E-state index in [2.05, 4.69) is 18.8 Å². The summed E-state index contributed by atoms with van der Waals surface area (Å²) in [7, 11) is 0. The Bertz CT molecular complexity index is 1060. The second-order valence-corrected chi connectivity index (χ2v) is 12.1. The second-order valence-electron chi connectivity index (χ2n) is 9.92. The average molecular weight is 478 g/mol. The first-order chi connectivity index (χ1) is 15.3. The molecule has 1 N–H and O–H groups in total. The molecule has 1 aromatic heterocycles. The summed E-state index contributed by atoms with van der Waals surface area (Å²) in [5, 5.41) is 1.17. The van der Waals surface area contributed by atoms with E-state index in [4.69, 9.17) is 4.74 Å². The maximum Gasteiger partial charge on any atom is 0.305 e. The van der Waals surface area contributed by atoms with Crippen LogP contribution in [0.4, 0.5) is 0 Å². The molecule has 2 aliphatic carbocycles. The Morgan fingerprint density at radius 1 is 1.16 bits per heavy atom. The molecule has 0 radical (unpaired) electrons. The topological polar surface area (TPSA) is 99.8 Å². The Morgan fingerprint density at radius 3 is 2.53 bits per heavy atom. The fourth-order valence-electron chi connectivity index (χ4n) is 7.16. The lowest BCUT2D eigenvalue weighted by Crippen LogP contribution is -2.49. The lowest BCUT2D eigenvalue weighted by atomic mass is 9.62. The number of fused-ring (bicyclic) bond motifs is 9. The van der Waals surface area contributed by atoms with Gasteiger partial charge in [-0.1, -0.05) is 25.2 Å². The van der Waals surface area contributed by atoms with Crippen molar-refractivity contribution < 1.29 is 19.1 Å². The third-order valence-corrected chi connectivity index (χ3v) is 11.5. The predicted octanol–water partition coefficient (Wildman–Crippen LogP) is 1.30. The van der Waals surface area contributed by atoms with Gasteiger partial charge in [-0.2, -0.15) is 0 Å². The Morgan fingerprint density at radius 2 is 1.84 bits per heavy atom. The highest BCUT2D eigenvalue weighted by molar-refractivity contribution is 8.00. The number of morpholine rings is 1. The molecule has 4 heterocycles. The molecular weight excluding hydrogens is 450 g/mol. The Labute approximate surface area is 194 Å². The van der Waals surface area contributed by atoms with Gasteiger partial charge in [-0.15, -0.1) is 11.8 Å². The zero-order chi connectivity index (χ0) is 22.4. The molecule has 172 valence electrons. The smallest absolute Gasteiger partial charge is 0.305 e. The minimum Gasteiger partial charge on any atom is -0.378 e. The molecule has 32 heavy (non-hydrogen) atoms. The first-order valence-corrected chi connectivity index (χ1v) is 13.2. The molecule has 10 heteroatoms. The summed E-state index contributed by atoms with van der Waals surface area (Å²) in [4.78, 5) is 58.8. The van der Waals surface area contributed by atoms with Gasteiger partial charge in [0, 0.05) is 28.6 Å². The van der Waals surface area contributed by atoms with Crippen LogP contribution in [0.25, 0.3) is 0 Å². The van der Waals surface area contributed by atoms with Crippen molar-refractivity contribution in [2.24, 2.45) is 29.6 Å². The highest BCUT2D eigenvalue weighted by Gasteiger charge is 2.71. The SMILES string of the molecule is CC[C@]1(C)c2sc(=O)[nH]c2S[C@@H]2[C@@H]3C[C@H]([C@H]4C(=O)N(CC(=O)N5CCOCC5)C(=O)[C@H]34)[C@@H]21. The number of carbonyl (C=O) groups is 3. The van der Waals surface area contributed by atoms with E-state index in [9.17, 15) is 19.2 Å². The minimum absolute atomic E-state index is 0.0327. The number of H-pyrrole nitrogens is 1. The van der Waals surface area contributed by atoms with Gasteiger partial charge in [-0.3, -0.25) is 24.1 Å². The number of thioether (sulfide) groups is 1. The Hall–Kier alpha value is -1.65. The Kier molecular flexibility index (Phi) is 4.69. The summed E-state index contributed by atoms with van der Waals surface area (Å²) < 4.78 is 5.31. The number of ether oxygens (including phenoxy) is 1. The third kappa shape index (κ3) is 2.66. The molecule has 5 aliphatic rings. The first kappa shape index (κ1) is 20.9. The number of hydrogen-bond donors (Lipinski definition) is 1. The van der Waals surface area contributed by atoms with Gasteiger partial charge in [-0.05, 0) is 30.6 Å². The van der Waals surface area contributed by atoms with Crippen LogP contribution in [-0.4, -0.2) is 70.6 Å². The molecule has 2 saturated carbocycles. The lowest BCUT2D eigenvalue weighted by Gasteiger charge is -2.48. The zero-order valence-electron chi connectivity index (χ0n) is 18.2. The molecule has 4 fully saturated rings. The predicted molar refractivity (Wildman–Crippen MR) is 118 cm³/mol. The van der Waals surface area contributed by atoms with Crippen molar-refractivity contribution in [2.75, 3.05) is 32.8 Å². The van der Waals surface area contributed by atoms with Gasteiger partial charge in [0.05, 0.1) is 30.1 Å². The summed E-state index contributed by atoms with van der Waals surface area (Å²) in [5.74, 6) is -0.663. The minimum atomic E-state index is -0.327. The van der Waals surface area contributed by atoms with E-state index in [1.165, 1.54) is 16.2 Å². The number of carbonyl (C=O) groups excluding carboxylic acids is 3. The van der Waals surface area contributed by atoms with Crippen LogP contribution in [0.1, 0.15) is 31.6 Å². The first-order valence-electron chi connectivity index (χ1n) is 11.5. The van der Waals surface area contributed by atoms with Gasteiger partial charge in [-0.25, -0.2) is 0 Å². The monoisotopic (exact) mass is 477 g/mol. The molecule has 2 bridgehead atoms. The van der Waals surface area contributed by atoms with Crippen LogP contribution in [0.2, 0.25) is 0 Å². The average Bonchev–Trinajstić information content (AvgIpc) is 3.52. The molecule has 0 aromatic carbocycles. The number of amides is 3. The molecule has 7 atom stereocenters. The van der Waals surface area contributed by atoms with Crippen molar-refractivity contribution in [3.8, 4) is 0 Å². The molecule has 2 saturated heterocycles. The number of nitrogens with zero attached hydrogens (tertiary/aromatic N) is 2. The molecule has 6 rings (SSSR count). The van der Waals surface area contributed by atoms with Crippen LogP contribution >= 0.6 is 23.1 Å². The zero-order valence-corrected chi connectivity index (χ0v) is 19.8. The van der Waals surface area contributed by atoms with Crippen LogP contribution in [0.15, 0.2) is 9.82 Å². The van der Waals surface area contributed by atoms with E-state index in [0.717, 1.165) is 22.7 Å². The van der Waals surface area contributed by atoms with E-state index in [1.807, 2.05) is 0 Å². The van der Waals surface area contributed by atoms with Crippen LogP contribution in [0.3, 0.4) is 0 Å². The molecule has 8 nitrogen and oxygen atoms in total. The van der Waals surface area contributed by atoms with E-state index in [0.29, 0.717) is 26.3 Å². The number of aromatic nitrogens is 1. The number of aromatic amines is 1. The van der Waals surface area contributed by atoms with Gasteiger partial charge in [0.2, 0.25) is 17.7 Å². The molecular formula is C22H27N3O5S2. The lowest BCUT2D eigenvalue weighted by molar-refractivity contribution is -0.148. The Balaban J connectivity index is 1.30. The van der Waals surface area contributed by atoms with Crippen molar-refractivity contribution in [2.45, 2.75) is 42.4 Å². The van der Waals surface area contributed by atoms with E-state index < -0.39 is 0 Å². The maximum absolute atomic E-state index is 13.5. The highest BCUT2D eigenvalue weighted by atomic mass is 32.2. The van der Waals surface area contributed by atoms with Crippen molar-refractivity contribution >= 4 is 40.8 Å². The number of hydrogen-bond acceptors (Lipinski definition) is 7.